The van der Waals surface area contributed by atoms with E-state index in [9.17, 15) is 5.11 Å². The van der Waals surface area contributed by atoms with Gasteiger partial charge in [0.25, 0.3) is 0 Å². The smallest absolute Gasteiger partial charge is 0.195 e. The Balaban J connectivity index is 1.98. The number of nitrogens with zero attached hydrogens (tertiary/aromatic N) is 3. The second kappa shape index (κ2) is 4.87. The normalized spacial score (nSPS) is 21.4. The Hall–Kier alpha value is -1.11. The summed E-state index contributed by atoms with van der Waals surface area (Å²) in [6.45, 7) is 4.66. The number of rotatable bonds is 2. The van der Waals surface area contributed by atoms with Crippen molar-refractivity contribution >= 4 is 22.1 Å². The van der Waals surface area contributed by atoms with Crippen molar-refractivity contribution in [1.82, 2.24) is 9.38 Å². The van der Waals surface area contributed by atoms with Gasteiger partial charge < -0.3 is 14.7 Å². The first-order valence-electron chi connectivity index (χ1n) is 6.21. The predicted octanol–water partition coefficient (Wildman–Crippen LogP) is 1.50. The van der Waals surface area contributed by atoms with Gasteiger partial charge >= 0.3 is 0 Å². The van der Waals surface area contributed by atoms with Gasteiger partial charge in [0.05, 0.1) is 18.4 Å². The Kier molecular flexibility index (Phi) is 3.23. The van der Waals surface area contributed by atoms with Crippen molar-refractivity contribution < 1.29 is 9.84 Å². The van der Waals surface area contributed by atoms with Crippen LogP contribution in [-0.2, 0) is 11.3 Å². The molecular formula is C12H17N3O2S. The molecule has 1 unspecified atom stereocenters. The van der Waals surface area contributed by atoms with Crippen molar-refractivity contribution in [3.8, 4) is 0 Å². The van der Waals surface area contributed by atoms with E-state index >= 15 is 0 Å². The van der Waals surface area contributed by atoms with Crippen LogP contribution < -0.4 is 4.90 Å². The number of hydrogen-bond donors (Lipinski definition) is 1. The monoisotopic (exact) mass is 267 g/mol. The van der Waals surface area contributed by atoms with E-state index in [4.69, 9.17) is 4.74 Å². The fourth-order valence-electron chi connectivity index (χ4n) is 2.41. The average molecular weight is 267 g/mol. The maximum Gasteiger partial charge on any atom is 0.195 e. The van der Waals surface area contributed by atoms with E-state index in [1.54, 1.807) is 11.3 Å². The summed E-state index contributed by atoms with van der Waals surface area (Å²) < 4.78 is 7.62. The average Bonchev–Trinajstić information content (AvgIpc) is 2.86. The minimum atomic E-state index is 0.0129. The zero-order chi connectivity index (χ0) is 12.5. The molecule has 5 nitrogen and oxygen atoms in total. The van der Waals surface area contributed by atoms with Crippen LogP contribution in [0.2, 0.25) is 0 Å². The Labute approximate surface area is 110 Å². The lowest BCUT2D eigenvalue weighted by atomic mass is 10.3. The van der Waals surface area contributed by atoms with Crippen LogP contribution in [0.25, 0.3) is 4.96 Å². The molecule has 0 bridgehead atoms. The summed E-state index contributed by atoms with van der Waals surface area (Å²) in [5, 5.41) is 11.6. The van der Waals surface area contributed by atoms with Gasteiger partial charge in [0.2, 0.25) is 0 Å². The Morgan fingerprint density at radius 1 is 1.61 bits per heavy atom. The number of aliphatic hydroxyl groups is 1. The summed E-state index contributed by atoms with van der Waals surface area (Å²) in [6.07, 6.45) is 3.17. The Morgan fingerprint density at radius 3 is 3.33 bits per heavy atom. The van der Waals surface area contributed by atoms with Crippen LogP contribution in [0.1, 0.15) is 19.0 Å². The molecule has 3 heterocycles. The summed E-state index contributed by atoms with van der Waals surface area (Å²) in [6, 6.07) is 0. The van der Waals surface area contributed by atoms with Crippen molar-refractivity contribution in [3.63, 3.8) is 0 Å². The van der Waals surface area contributed by atoms with Crippen molar-refractivity contribution in [3.05, 3.63) is 17.3 Å². The third-order valence-electron chi connectivity index (χ3n) is 3.24. The van der Waals surface area contributed by atoms with Gasteiger partial charge in [-0.2, -0.15) is 0 Å². The molecule has 18 heavy (non-hydrogen) atoms. The maximum absolute atomic E-state index is 9.58. The van der Waals surface area contributed by atoms with Crippen LogP contribution in [0.4, 0.5) is 5.82 Å². The highest BCUT2D eigenvalue weighted by atomic mass is 32.1. The molecule has 1 aliphatic heterocycles. The molecule has 1 atom stereocenters. The molecule has 0 aliphatic carbocycles. The van der Waals surface area contributed by atoms with Crippen molar-refractivity contribution in [1.29, 1.82) is 0 Å². The van der Waals surface area contributed by atoms with Gasteiger partial charge in [0.1, 0.15) is 0 Å². The lowest BCUT2D eigenvalue weighted by molar-refractivity contribution is 0.0820. The number of fused-ring (bicyclic) bond motifs is 1. The zero-order valence-electron chi connectivity index (χ0n) is 10.4. The van der Waals surface area contributed by atoms with Gasteiger partial charge in [0.15, 0.2) is 10.8 Å². The summed E-state index contributed by atoms with van der Waals surface area (Å²) in [5.74, 6) is 0.904. The third kappa shape index (κ3) is 2.00. The quantitative estimate of drug-likeness (QED) is 0.896. The molecule has 98 valence electrons. The minimum absolute atomic E-state index is 0.0129. The molecule has 6 heteroatoms. The standard InChI is InChI=1S/C12H17N3O2S/c1-9-7-14(3-2-5-17-9)11-10(8-16)15-4-6-18-12(15)13-11/h4,6,9,16H,2-3,5,7-8H2,1H3. The summed E-state index contributed by atoms with van der Waals surface area (Å²) >= 11 is 1.59. The first-order valence-corrected chi connectivity index (χ1v) is 7.09. The minimum Gasteiger partial charge on any atom is -0.390 e. The molecule has 1 aliphatic rings. The molecule has 0 saturated carbocycles. The second-order valence-corrected chi connectivity index (χ2v) is 5.45. The fourth-order valence-corrected chi connectivity index (χ4v) is 3.14. The van der Waals surface area contributed by atoms with Gasteiger partial charge in [-0.25, -0.2) is 4.98 Å². The fraction of sp³-hybridized carbons (Fsp3) is 0.583. The Bertz CT molecular complexity index is 536. The number of anilines is 1. The number of hydrogen-bond acceptors (Lipinski definition) is 5. The molecule has 1 fully saturated rings. The molecule has 2 aromatic rings. The van der Waals surface area contributed by atoms with E-state index in [0.717, 1.165) is 42.6 Å². The lowest BCUT2D eigenvalue weighted by Gasteiger charge is -2.22. The molecular weight excluding hydrogens is 250 g/mol. The zero-order valence-corrected chi connectivity index (χ0v) is 11.2. The van der Waals surface area contributed by atoms with E-state index in [0.29, 0.717) is 0 Å². The maximum atomic E-state index is 9.58. The van der Waals surface area contributed by atoms with Crippen molar-refractivity contribution in [2.75, 3.05) is 24.6 Å². The number of aromatic nitrogens is 2. The van der Waals surface area contributed by atoms with Crippen molar-refractivity contribution in [2.24, 2.45) is 0 Å². The van der Waals surface area contributed by atoms with Crippen LogP contribution in [0.5, 0.6) is 0 Å². The van der Waals surface area contributed by atoms with Gasteiger partial charge in [-0.05, 0) is 13.3 Å². The highest BCUT2D eigenvalue weighted by molar-refractivity contribution is 7.15. The molecule has 0 spiro atoms. The molecule has 2 aromatic heterocycles. The largest absolute Gasteiger partial charge is 0.390 e. The molecule has 1 saturated heterocycles. The van der Waals surface area contributed by atoms with Gasteiger partial charge in [0, 0.05) is 31.3 Å². The molecule has 3 rings (SSSR count). The summed E-state index contributed by atoms with van der Waals surface area (Å²) in [7, 11) is 0. The first-order chi connectivity index (χ1) is 8.79. The van der Waals surface area contributed by atoms with E-state index in [2.05, 4.69) is 16.8 Å². The topological polar surface area (TPSA) is 50.0 Å². The van der Waals surface area contributed by atoms with Crippen LogP contribution in [0, 0.1) is 0 Å². The highest BCUT2D eigenvalue weighted by Crippen LogP contribution is 2.26. The molecule has 0 radical (unpaired) electrons. The number of aliphatic hydroxyl groups excluding tert-OH is 1. The Morgan fingerprint density at radius 2 is 2.50 bits per heavy atom. The number of thiazole rings is 1. The first kappa shape index (κ1) is 12.0. The van der Waals surface area contributed by atoms with E-state index in [-0.39, 0.29) is 12.7 Å². The van der Waals surface area contributed by atoms with Gasteiger partial charge in [-0.3, -0.25) is 4.40 Å². The van der Waals surface area contributed by atoms with E-state index in [1.807, 2.05) is 16.0 Å². The molecule has 1 N–H and O–H groups in total. The van der Waals surface area contributed by atoms with Gasteiger partial charge in [-0.1, -0.05) is 0 Å². The van der Waals surface area contributed by atoms with Crippen LogP contribution in [0.15, 0.2) is 11.6 Å². The predicted molar refractivity (Wildman–Crippen MR) is 71.2 cm³/mol. The van der Waals surface area contributed by atoms with Crippen LogP contribution >= 0.6 is 11.3 Å². The van der Waals surface area contributed by atoms with Gasteiger partial charge in [-0.15, -0.1) is 11.3 Å². The molecule has 0 amide bonds. The van der Waals surface area contributed by atoms with Crippen molar-refractivity contribution in [2.45, 2.75) is 26.1 Å². The lowest BCUT2D eigenvalue weighted by Crippen LogP contribution is -2.31. The molecule has 0 aromatic carbocycles. The van der Waals surface area contributed by atoms with Crippen LogP contribution in [-0.4, -0.2) is 40.3 Å². The number of imidazole rings is 1. The second-order valence-electron chi connectivity index (χ2n) is 4.58. The summed E-state index contributed by atoms with van der Waals surface area (Å²) in [4.78, 5) is 7.80. The summed E-state index contributed by atoms with van der Waals surface area (Å²) in [5.41, 5.74) is 0.875. The van der Waals surface area contributed by atoms with E-state index < -0.39 is 0 Å². The van der Waals surface area contributed by atoms with Crippen LogP contribution in [0.3, 0.4) is 0 Å². The number of ether oxygens (including phenoxy) is 1. The van der Waals surface area contributed by atoms with E-state index in [1.165, 1.54) is 0 Å². The highest BCUT2D eigenvalue weighted by Gasteiger charge is 2.22. The third-order valence-corrected chi connectivity index (χ3v) is 4.00. The SMILES string of the molecule is CC1CN(c2nc3sccn3c2CO)CCCO1.